The molecule has 1 N–H and O–H groups in total. The summed E-state index contributed by atoms with van der Waals surface area (Å²) in [5, 5.41) is 10.2. The van der Waals surface area contributed by atoms with Crippen LogP contribution in [-0.2, 0) is 17.8 Å². The Labute approximate surface area is 205 Å². The number of anilines is 1. The highest BCUT2D eigenvalue weighted by Gasteiger charge is 2.29. The first-order chi connectivity index (χ1) is 16.2. The summed E-state index contributed by atoms with van der Waals surface area (Å²) in [7, 11) is 0. The highest BCUT2D eigenvalue weighted by atomic mass is 35.5. The number of carboxylic acids is 1. The molecule has 1 aliphatic rings. The number of aryl methyl sites for hydroxylation is 1. The molecule has 0 atom stereocenters. The van der Waals surface area contributed by atoms with E-state index < -0.39 is 5.97 Å². The first-order valence-electron chi connectivity index (χ1n) is 11.5. The molecule has 0 saturated carbocycles. The van der Waals surface area contributed by atoms with Gasteiger partial charge in [0.15, 0.2) is 0 Å². The summed E-state index contributed by atoms with van der Waals surface area (Å²) in [6, 6.07) is 11.4. The minimum absolute atomic E-state index is 0.0685. The van der Waals surface area contributed by atoms with Crippen molar-refractivity contribution in [3.8, 4) is 17.0 Å². The van der Waals surface area contributed by atoms with Crippen molar-refractivity contribution in [2.24, 2.45) is 5.41 Å². The summed E-state index contributed by atoms with van der Waals surface area (Å²) in [6.45, 7) is 8.53. The number of hydrogen-bond donors (Lipinski definition) is 1. The summed E-state index contributed by atoms with van der Waals surface area (Å²) in [5.74, 6) is -0.229. The van der Waals surface area contributed by atoms with Crippen molar-refractivity contribution >= 4 is 23.3 Å². The van der Waals surface area contributed by atoms with Gasteiger partial charge >= 0.3 is 5.97 Å². The molecule has 0 spiro atoms. The Morgan fingerprint density at radius 3 is 2.50 bits per heavy atom. The number of aliphatic carboxylic acids is 1. The third-order valence-corrected chi connectivity index (χ3v) is 6.86. The molecule has 2 aromatic heterocycles. The van der Waals surface area contributed by atoms with Crippen LogP contribution in [-0.4, -0.2) is 34.1 Å². The van der Waals surface area contributed by atoms with E-state index >= 15 is 0 Å². The lowest BCUT2D eigenvalue weighted by Gasteiger charge is -2.40. The van der Waals surface area contributed by atoms with E-state index in [1.54, 1.807) is 6.20 Å². The SMILES string of the molecule is Cc1ncc(-c2ccc(OCc3ccccc3Cl)cn2)c(N2CCC(C)(C)CC2)c1CC(=O)O. The fraction of sp³-hybridized carbons (Fsp3) is 0.370. The molecule has 0 aliphatic carbocycles. The van der Waals surface area contributed by atoms with Crippen molar-refractivity contribution in [2.45, 2.75) is 46.6 Å². The largest absolute Gasteiger partial charge is 0.487 e. The zero-order valence-corrected chi connectivity index (χ0v) is 20.6. The van der Waals surface area contributed by atoms with Gasteiger partial charge in [0.05, 0.1) is 24.0 Å². The lowest BCUT2D eigenvalue weighted by atomic mass is 9.82. The van der Waals surface area contributed by atoms with E-state index in [1.807, 2.05) is 49.5 Å². The van der Waals surface area contributed by atoms with Crippen LogP contribution in [0.3, 0.4) is 0 Å². The Balaban J connectivity index is 1.64. The monoisotopic (exact) mass is 479 g/mol. The van der Waals surface area contributed by atoms with E-state index in [9.17, 15) is 9.90 Å². The van der Waals surface area contributed by atoms with Gasteiger partial charge in [0.1, 0.15) is 12.4 Å². The molecule has 6 nitrogen and oxygen atoms in total. The lowest BCUT2D eigenvalue weighted by molar-refractivity contribution is -0.136. The Bertz CT molecular complexity index is 1170. The predicted octanol–water partition coefficient (Wildman–Crippen LogP) is 5.94. The Morgan fingerprint density at radius 1 is 1.12 bits per heavy atom. The summed E-state index contributed by atoms with van der Waals surface area (Å²) >= 11 is 6.22. The summed E-state index contributed by atoms with van der Waals surface area (Å²) in [4.78, 5) is 23.1. The quantitative estimate of drug-likeness (QED) is 0.452. The van der Waals surface area contributed by atoms with Crippen LogP contribution in [0.1, 0.15) is 43.5 Å². The molecule has 1 fully saturated rings. The molecule has 0 bridgehead atoms. The van der Waals surface area contributed by atoms with Gasteiger partial charge in [0, 0.05) is 46.7 Å². The van der Waals surface area contributed by atoms with Crippen LogP contribution in [0.4, 0.5) is 5.69 Å². The highest BCUT2D eigenvalue weighted by molar-refractivity contribution is 6.31. The van der Waals surface area contributed by atoms with Crippen molar-refractivity contribution in [2.75, 3.05) is 18.0 Å². The molecular weight excluding hydrogens is 450 g/mol. The van der Waals surface area contributed by atoms with Gasteiger partial charge in [-0.15, -0.1) is 0 Å². The maximum atomic E-state index is 11.7. The van der Waals surface area contributed by atoms with Crippen molar-refractivity contribution in [3.05, 3.63) is 70.6 Å². The fourth-order valence-corrected chi connectivity index (χ4v) is 4.47. The number of piperidine rings is 1. The van der Waals surface area contributed by atoms with Gasteiger partial charge in [0.2, 0.25) is 0 Å². The second kappa shape index (κ2) is 10.0. The van der Waals surface area contributed by atoms with Crippen LogP contribution in [0.2, 0.25) is 5.02 Å². The Morgan fingerprint density at radius 2 is 1.85 bits per heavy atom. The van der Waals surface area contributed by atoms with E-state index in [1.165, 1.54) is 0 Å². The highest BCUT2D eigenvalue weighted by Crippen LogP contribution is 2.39. The summed E-state index contributed by atoms with van der Waals surface area (Å²) in [6.07, 6.45) is 5.51. The molecule has 1 aromatic carbocycles. The van der Waals surface area contributed by atoms with Crippen LogP contribution < -0.4 is 9.64 Å². The van der Waals surface area contributed by atoms with Crippen molar-refractivity contribution in [1.82, 2.24) is 9.97 Å². The van der Waals surface area contributed by atoms with E-state index in [0.29, 0.717) is 17.4 Å². The lowest BCUT2D eigenvalue weighted by Crippen LogP contribution is -2.38. The van der Waals surface area contributed by atoms with Gasteiger partial charge in [-0.2, -0.15) is 0 Å². The molecule has 0 radical (unpaired) electrons. The second-order valence-corrected chi connectivity index (χ2v) is 9.97. The number of carbonyl (C=O) groups is 1. The minimum Gasteiger partial charge on any atom is -0.487 e. The molecule has 34 heavy (non-hydrogen) atoms. The number of halogens is 1. The average Bonchev–Trinajstić information content (AvgIpc) is 2.80. The van der Waals surface area contributed by atoms with Gasteiger partial charge in [-0.05, 0) is 43.4 Å². The van der Waals surface area contributed by atoms with Crippen LogP contribution in [0.25, 0.3) is 11.3 Å². The van der Waals surface area contributed by atoms with Crippen LogP contribution in [0, 0.1) is 12.3 Å². The molecule has 4 rings (SSSR count). The first kappa shape index (κ1) is 24.0. The van der Waals surface area contributed by atoms with Crippen molar-refractivity contribution < 1.29 is 14.6 Å². The van der Waals surface area contributed by atoms with Crippen LogP contribution >= 0.6 is 11.6 Å². The zero-order valence-electron chi connectivity index (χ0n) is 19.8. The minimum atomic E-state index is -0.864. The molecule has 0 amide bonds. The van der Waals surface area contributed by atoms with Crippen molar-refractivity contribution in [3.63, 3.8) is 0 Å². The number of rotatable bonds is 7. The maximum absolute atomic E-state index is 11.7. The topological polar surface area (TPSA) is 75.6 Å². The second-order valence-electron chi connectivity index (χ2n) is 9.57. The van der Waals surface area contributed by atoms with E-state index in [0.717, 1.165) is 59.7 Å². The molecule has 178 valence electrons. The number of pyridine rings is 2. The standard InChI is InChI=1S/C27H30ClN3O3/c1-18-21(14-25(32)33)26(31-12-10-27(2,3)11-13-31)22(16-29-18)24-9-8-20(15-30-24)34-17-19-6-4-5-7-23(19)28/h4-9,15-16H,10-14,17H2,1-3H3,(H,32,33). The molecule has 3 aromatic rings. The Hall–Kier alpha value is -3.12. The number of ether oxygens (including phenoxy) is 1. The van der Waals surface area contributed by atoms with Gasteiger partial charge in [-0.1, -0.05) is 43.6 Å². The Kier molecular flexibility index (Phi) is 7.08. The average molecular weight is 480 g/mol. The van der Waals surface area contributed by atoms with Crippen molar-refractivity contribution in [1.29, 1.82) is 0 Å². The van der Waals surface area contributed by atoms with Gasteiger partial charge in [-0.25, -0.2) is 0 Å². The molecular formula is C27H30ClN3O3. The van der Waals surface area contributed by atoms with Gasteiger partial charge < -0.3 is 14.7 Å². The molecule has 0 unspecified atom stereocenters. The third-order valence-electron chi connectivity index (χ3n) is 6.49. The smallest absolute Gasteiger partial charge is 0.307 e. The van der Waals surface area contributed by atoms with Crippen LogP contribution in [0.5, 0.6) is 5.75 Å². The van der Waals surface area contributed by atoms with Gasteiger partial charge in [-0.3, -0.25) is 14.8 Å². The van der Waals surface area contributed by atoms with E-state index in [-0.39, 0.29) is 11.8 Å². The summed E-state index contributed by atoms with van der Waals surface area (Å²) in [5.41, 5.74) is 5.21. The third kappa shape index (κ3) is 5.50. The molecule has 1 saturated heterocycles. The van der Waals surface area contributed by atoms with E-state index in [4.69, 9.17) is 16.3 Å². The maximum Gasteiger partial charge on any atom is 0.307 e. The van der Waals surface area contributed by atoms with E-state index in [2.05, 4.69) is 28.7 Å². The molecule has 7 heteroatoms. The fourth-order valence-electron chi connectivity index (χ4n) is 4.28. The molecule has 3 heterocycles. The van der Waals surface area contributed by atoms with Gasteiger partial charge in [0.25, 0.3) is 0 Å². The normalized spacial score (nSPS) is 15.2. The molecule has 1 aliphatic heterocycles. The predicted molar refractivity (Wildman–Crippen MR) is 135 cm³/mol. The summed E-state index contributed by atoms with van der Waals surface area (Å²) < 4.78 is 5.88. The number of benzene rings is 1. The first-order valence-corrected chi connectivity index (χ1v) is 11.9. The number of carboxylic acid groups (broad SMARTS) is 1. The van der Waals surface area contributed by atoms with Crippen LogP contribution in [0.15, 0.2) is 48.8 Å². The zero-order chi connectivity index (χ0) is 24.3. The number of nitrogens with zero attached hydrogens (tertiary/aromatic N) is 3. The number of aromatic nitrogens is 2. The number of hydrogen-bond acceptors (Lipinski definition) is 5.